The molecule has 0 aromatic rings. The van der Waals surface area contributed by atoms with Crippen LogP contribution in [0.15, 0.2) is 5.10 Å². The molecule has 2 fully saturated rings. The van der Waals surface area contributed by atoms with Crippen molar-refractivity contribution in [1.82, 2.24) is 0 Å². The molecule has 2 saturated carbocycles. The first-order valence-corrected chi connectivity index (χ1v) is 6.81. The largest absolute Gasteiger partial charge is 0.362 e. The molecule has 3 atom stereocenters. The van der Waals surface area contributed by atoms with E-state index in [1.165, 1.54) is 0 Å². The van der Waals surface area contributed by atoms with Crippen LogP contribution < -0.4 is 16.6 Å². The highest BCUT2D eigenvalue weighted by molar-refractivity contribution is 9.09. The van der Waals surface area contributed by atoms with Crippen molar-refractivity contribution in [2.24, 2.45) is 33.3 Å². The molecule has 5 N–H and O–H groups in total. The zero-order valence-corrected chi connectivity index (χ0v) is 11.7. The number of halogens is 1. The minimum Gasteiger partial charge on any atom is -0.292 e. The molecule has 0 saturated heterocycles. The van der Waals surface area contributed by atoms with Gasteiger partial charge in [-0.05, 0) is 18.3 Å². The number of nitrogens with zero attached hydrogens (tertiary/aromatic N) is 1. The van der Waals surface area contributed by atoms with Crippen molar-refractivity contribution in [1.29, 1.82) is 0 Å². The van der Waals surface area contributed by atoms with E-state index < -0.39 is 0 Å². The molecular weight excluding hydrogens is 284 g/mol. The Morgan fingerprint density at radius 2 is 2.24 bits per heavy atom. The second kappa shape index (κ2) is 3.80. The quantitative estimate of drug-likeness (QED) is 0.267. The van der Waals surface area contributed by atoms with E-state index in [1.807, 2.05) is 6.92 Å². The SMILES string of the molecule is CC12CCC(/C(=N/[NH+]=C(N)N)C1=O)C2(C)CBr. The van der Waals surface area contributed by atoms with Crippen LogP contribution in [0.3, 0.4) is 0 Å². The maximum atomic E-state index is 12.4. The third-order valence-corrected chi connectivity index (χ3v) is 5.77. The lowest BCUT2D eigenvalue weighted by Gasteiger charge is -2.33. The van der Waals surface area contributed by atoms with Gasteiger partial charge in [0, 0.05) is 16.7 Å². The Morgan fingerprint density at radius 3 is 2.71 bits per heavy atom. The molecule has 0 amide bonds. The third-order valence-electron chi connectivity index (χ3n) is 4.61. The van der Waals surface area contributed by atoms with Crippen molar-refractivity contribution in [2.75, 3.05) is 5.33 Å². The number of alkyl halides is 1. The summed E-state index contributed by atoms with van der Waals surface area (Å²) in [5.41, 5.74) is 10.8. The maximum Gasteiger partial charge on any atom is 0.362 e. The zero-order chi connectivity index (χ0) is 12.8. The number of nitrogens with two attached hydrogens (primary N) is 2. The summed E-state index contributed by atoms with van der Waals surface area (Å²) in [5.74, 6) is 0.328. The number of Topliss-reactive ketones (excluding diaryl/α,β-unsaturated/α-hetero) is 1. The average molecular weight is 302 g/mol. The van der Waals surface area contributed by atoms with Gasteiger partial charge in [-0.1, -0.05) is 29.8 Å². The van der Waals surface area contributed by atoms with Crippen LogP contribution in [0.5, 0.6) is 0 Å². The van der Waals surface area contributed by atoms with Gasteiger partial charge >= 0.3 is 5.96 Å². The van der Waals surface area contributed by atoms with Crippen LogP contribution in [0.25, 0.3) is 0 Å². The smallest absolute Gasteiger partial charge is 0.292 e. The van der Waals surface area contributed by atoms with Gasteiger partial charge in [-0.15, -0.1) is 5.10 Å². The van der Waals surface area contributed by atoms with Crippen LogP contribution in [0.4, 0.5) is 0 Å². The summed E-state index contributed by atoms with van der Waals surface area (Å²) < 4.78 is 0. The lowest BCUT2D eigenvalue weighted by Crippen LogP contribution is -2.73. The van der Waals surface area contributed by atoms with Crippen molar-refractivity contribution in [3.05, 3.63) is 0 Å². The predicted octanol–water partition coefficient (Wildman–Crippen LogP) is -0.903. The Kier molecular flexibility index (Phi) is 2.80. The summed E-state index contributed by atoms with van der Waals surface area (Å²) in [5, 5.41) is 7.39. The van der Waals surface area contributed by atoms with E-state index in [9.17, 15) is 4.79 Å². The van der Waals surface area contributed by atoms with Gasteiger partial charge in [-0.3, -0.25) is 16.3 Å². The monoisotopic (exact) mass is 301 g/mol. The van der Waals surface area contributed by atoms with Gasteiger partial charge in [0.25, 0.3) is 0 Å². The second-order valence-electron chi connectivity index (χ2n) is 5.37. The van der Waals surface area contributed by atoms with Crippen LogP contribution >= 0.6 is 15.9 Å². The van der Waals surface area contributed by atoms with Crippen molar-refractivity contribution in [2.45, 2.75) is 26.7 Å². The fourth-order valence-electron chi connectivity index (χ4n) is 3.17. The van der Waals surface area contributed by atoms with Crippen LogP contribution in [-0.2, 0) is 4.79 Å². The number of guanidine groups is 1. The van der Waals surface area contributed by atoms with E-state index in [2.05, 4.69) is 33.1 Å². The number of carbonyl (C=O) groups excluding carboxylic acids is 1. The fraction of sp³-hybridized carbons (Fsp3) is 0.727. The Labute approximate surface area is 109 Å². The van der Waals surface area contributed by atoms with Crippen molar-refractivity contribution >= 4 is 33.4 Å². The van der Waals surface area contributed by atoms with Gasteiger partial charge in [-0.25, -0.2) is 0 Å². The summed E-state index contributed by atoms with van der Waals surface area (Å²) in [6.45, 7) is 4.18. The van der Waals surface area contributed by atoms with E-state index in [0.29, 0.717) is 5.71 Å². The molecule has 5 nitrogen and oxygen atoms in total. The third kappa shape index (κ3) is 1.46. The summed E-state index contributed by atoms with van der Waals surface area (Å²) >= 11 is 3.54. The van der Waals surface area contributed by atoms with Crippen molar-refractivity contribution in [3.63, 3.8) is 0 Å². The van der Waals surface area contributed by atoms with Gasteiger partial charge < -0.3 is 0 Å². The first-order valence-electron chi connectivity index (χ1n) is 5.69. The molecule has 0 aromatic heterocycles. The molecule has 0 aliphatic heterocycles. The molecule has 6 heteroatoms. The van der Waals surface area contributed by atoms with E-state index in [-0.39, 0.29) is 28.5 Å². The van der Waals surface area contributed by atoms with Crippen LogP contribution in [0, 0.1) is 16.7 Å². The molecule has 2 rings (SSSR count). The minimum absolute atomic E-state index is 0.0128. The molecule has 2 bridgehead atoms. The predicted molar refractivity (Wildman–Crippen MR) is 69.5 cm³/mol. The number of hydrazone groups is 1. The molecule has 94 valence electrons. The molecular formula is C11H18BrN4O+. The number of carbonyl (C=O) groups is 1. The van der Waals surface area contributed by atoms with Gasteiger partial charge in [0.05, 0.1) is 0 Å². The Bertz CT molecular complexity index is 429. The van der Waals surface area contributed by atoms with Crippen LogP contribution in [0.1, 0.15) is 26.7 Å². The Hall–Kier alpha value is -0.910. The summed E-state index contributed by atoms with van der Waals surface area (Å²) in [4.78, 5) is 12.4. The van der Waals surface area contributed by atoms with E-state index in [4.69, 9.17) is 11.5 Å². The molecule has 0 aromatic carbocycles. The van der Waals surface area contributed by atoms with Crippen molar-refractivity contribution < 1.29 is 9.90 Å². The highest BCUT2D eigenvalue weighted by Crippen LogP contribution is 2.63. The fourth-order valence-corrected chi connectivity index (χ4v) is 4.18. The first-order chi connectivity index (χ1) is 7.87. The number of hydrogen-bond donors (Lipinski definition) is 3. The van der Waals surface area contributed by atoms with Crippen molar-refractivity contribution in [3.8, 4) is 0 Å². The molecule has 0 spiro atoms. The Balaban J connectivity index is 2.46. The summed E-state index contributed by atoms with van der Waals surface area (Å²) in [6.07, 6.45) is 1.93. The number of rotatable bonds is 2. The number of hydrogen-bond acceptors (Lipinski definition) is 2. The van der Waals surface area contributed by atoms with E-state index in [0.717, 1.165) is 18.2 Å². The lowest BCUT2D eigenvalue weighted by atomic mass is 9.70. The average Bonchev–Trinajstić information content (AvgIpc) is 2.62. The lowest BCUT2D eigenvalue weighted by molar-refractivity contribution is -0.464. The van der Waals surface area contributed by atoms with Crippen LogP contribution in [0.2, 0.25) is 0 Å². The molecule has 0 heterocycles. The second-order valence-corrected chi connectivity index (χ2v) is 5.93. The number of nitrogens with one attached hydrogen (secondary N) is 1. The van der Waals surface area contributed by atoms with Gasteiger partial charge in [0.1, 0.15) is 5.71 Å². The normalized spacial score (nSPS) is 42.2. The summed E-state index contributed by atoms with van der Waals surface area (Å²) in [7, 11) is 0. The van der Waals surface area contributed by atoms with E-state index >= 15 is 0 Å². The minimum atomic E-state index is -0.314. The molecule has 2 aliphatic rings. The van der Waals surface area contributed by atoms with Gasteiger partial charge in [0.15, 0.2) is 5.78 Å². The van der Waals surface area contributed by atoms with Gasteiger partial charge in [0.2, 0.25) is 0 Å². The van der Waals surface area contributed by atoms with Gasteiger partial charge in [-0.2, -0.15) is 5.10 Å². The zero-order valence-electron chi connectivity index (χ0n) is 10.1. The standard InChI is InChI=1S/C11H17BrN4O/c1-10-4-3-6(11(10,2)5-12)7(8(10)17)15-16-9(13)14/h6H,3-5H2,1-2H3,(H4,13,14,16)/p+1/b15-7-. The van der Waals surface area contributed by atoms with E-state index in [1.54, 1.807) is 0 Å². The molecule has 17 heavy (non-hydrogen) atoms. The highest BCUT2D eigenvalue weighted by Gasteiger charge is 2.67. The topological polar surface area (TPSA) is 95.4 Å². The number of fused-ring (bicyclic) bond motifs is 2. The Morgan fingerprint density at radius 1 is 1.59 bits per heavy atom. The first kappa shape index (κ1) is 12.5. The summed E-state index contributed by atoms with van der Waals surface area (Å²) in [6, 6.07) is 0. The highest BCUT2D eigenvalue weighted by atomic mass is 79.9. The van der Waals surface area contributed by atoms with Crippen LogP contribution in [-0.4, -0.2) is 22.8 Å². The maximum absolute atomic E-state index is 12.4. The number of ketones is 1. The molecule has 3 unspecified atom stereocenters. The molecule has 0 radical (unpaired) electrons. The molecule has 2 aliphatic carbocycles.